The van der Waals surface area contributed by atoms with Crippen molar-refractivity contribution in [3.63, 3.8) is 0 Å². The van der Waals surface area contributed by atoms with Crippen molar-refractivity contribution in [1.82, 2.24) is 9.88 Å². The van der Waals surface area contributed by atoms with Gasteiger partial charge in [0.2, 0.25) is 5.82 Å². The van der Waals surface area contributed by atoms with Crippen LogP contribution in [-0.2, 0) is 4.79 Å². The van der Waals surface area contributed by atoms with Gasteiger partial charge in [-0.3, -0.25) is 14.9 Å². The number of amides is 1. The zero-order valence-electron chi connectivity index (χ0n) is 11.1. The Labute approximate surface area is 116 Å². The van der Waals surface area contributed by atoms with Crippen LogP contribution < -0.4 is 4.90 Å². The minimum Gasteiger partial charge on any atom is -0.347 e. The van der Waals surface area contributed by atoms with Crippen molar-refractivity contribution >= 4 is 17.4 Å². The molecule has 0 saturated carbocycles. The molecule has 1 amide bonds. The number of carbonyl (C=O) groups excluding carboxylic acids is 1. The molecule has 20 heavy (non-hydrogen) atoms. The molecule has 1 aromatic rings. The molecule has 1 aliphatic rings. The molecule has 0 atom stereocenters. The Bertz CT molecular complexity index is 583. The van der Waals surface area contributed by atoms with Gasteiger partial charge in [0.1, 0.15) is 0 Å². The Kier molecular flexibility index (Phi) is 4.15. The van der Waals surface area contributed by atoms with Crippen molar-refractivity contribution in [2.45, 2.75) is 6.92 Å². The fourth-order valence-corrected chi connectivity index (χ4v) is 2.08. The van der Waals surface area contributed by atoms with E-state index in [1.165, 1.54) is 18.3 Å². The monoisotopic (exact) mass is 274 g/mol. The van der Waals surface area contributed by atoms with E-state index in [4.69, 9.17) is 0 Å². The topological polar surface area (TPSA) is 79.6 Å². The lowest BCUT2D eigenvalue weighted by molar-refractivity contribution is -0.384. The predicted octanol–water partition coefficient (Wildman–Crippen LogP) is 0.662. The Balaban J connectivity index is 2.09. The first-order chi connectivity index (χ1) is 9.63. The molecule has 0 aromatic carbocycles. The third-order valence-corrected chi connectivity index (χ3v) is 3.06. The molecule has 2 heterocycles. The van der Waals surface area contributed by atoms with Crippen LogP contribution in [0.2, 0.25) is 0 Å². The molecule has 1 aliphatic heterocycles. The number of pyridine rings is 1. The van der Waals surface area contributed by atoms with Gasteiger partial charge in [0.15, 0.2) is 0 Å². The van der Waals surface area contributed by atoms with Gasteiger partial charge in [-0.05, 0) is 18.9 Å². The van der Waals surface area contributed by atoms with Crippen molar-refractivity contribution in [3.05, 3.63) is 28.4 Å². The first-order valence-electron chi connectivity index (χ1n) is 6.19. The van der Waals surface area contributed by atoms with Gasteiger partial charge in [-0.15, -0.1) is 0 Å². The summed E-state index contributed by atoms with van der Waals surface area (Å²) in [5.41, 5.74) is -0.0133. The number of aromatic nitrogens is 1. The van der Waals surface area contributed by atoms with E-state index in [1.54, 1.807) is 11.8 Å². The largest absolute Gasteiger partial charge is 0.347 e. The molecular formula is C13H14N4O3. The zero-order valence-corrected chi connectivity index (χ0v) is 11.1. The van der Waals surface area contributed by atoms with Crippen molar-refractivity contribution in [1.29, 1.82) is 0 Å². The third-order valence-electron chi connectivity index (χ3n) is 3.06. The standard InChI is InChI=1S/C13H14N4O3/c1-2-4-12(18)15-7-9-16(10-8-15)13-11(17(19)20)5-3-6-14-13/h3,5-6H,7-10H2,1H3. The van der Waals surface area contributed by atoms with Gasteiger partial charge in [0.25, 0.3) is 5.91 Å². The molecule has 0 unspecified atom stereocenters. The van der Waals surface area contributed by atoms with Gasteiger partial charge in [-0.1, -0.05) is 5.92 Å². The summed E-state index contributed by atoms with van der Waals surface area (Å²) in [4.78, 5) is 29.7. The molecule has 2 rings (SSSR count). The molecule has 0 bridgehead atoms. The van der Waals surface area contributed by atoms with E-state index >= 15 is 0 Å². The maximum Gasteiger partial charge on any atom is 0.311 e. The smallest absolute Gasteiger partial charge is 0.311 e. The molecule has 7 nitrogen and oxygen atoms in total. The van der Waals surface area contributed by atoms with E-state index in [9.17, 15) is 14.9 Å². The summed E-state index contributed by atoms with van der Waals surface area (Å²) in [6, 6.07) is 2.97. The molecule has 104 valence electrons. The van der Waals surface area contributed by atoms with E-state index in [0.717, 1.165) is 0 Å². The Morgan fingerprint density at radius 2 is 2.10 bits per heavy atom. The summed E-state index contributed by atoms with van der Waals surface area (Å²) in [6.07, 6.45) is 1.53. The number of anilines is 1. The molecule has 1 fully saturated rings. The molecule has 7 heteroatoms. The highest BCUT2D eigenvalue weighted by Gasteiger charge is 2.25. The number of nitrogens with zero attached hydrogens (tertiary/aromatic N) is 4. The molecule has 1 saturated heterocycles. The Morgan fingerprint density at radius 3 is 2.70 bits per heavy atom. The van der Waals surface area contributed by atoms with Crippen LogP contribution >= 0.6 is 0 Å². The van der Waals surface area contributed by atoms with Crippen LogP contribution in [0.25, 0.3) is 0 Å². The Morgan fingerprint density at radius 1 is 1.40 bits per heavy atom. The van der Waals surface area contributed by atoms with Crippen molar-refractivity contribution < 1.29 is 9.72 Å². The number of carbonyl (C=O) groups is 1. The van der Waals surface area contributed by atoms with Gasteiger partial charge >= 0.3 is 5.69 Å². The second-order valence-corrected chi connectivity index (χ2v) is 4.26. The highest BCUT2D eigenvalue weighted by atomic mass is 16.6. The van der Waals surface area contributed by atoms with Crippen LogP contribution in [0.5, 0.6) is 0 Å². The van der Waals surface area contributed by atoms with E-state index in [0.29, 0.717) is 32.0 Å². The molecule has 0 N–H and O–H groups in total. The van der Waals surface area contributed by atoms with Crippen LogP contribution in [0.1, 0.15) is 6.92 Å². The van der Waals surface area contributed by atoms with Gasteiger partial charge in [-0.25, -0.2) is 4.98 Å². The van der Waals surface area contributed by atoms with Crippen molar-refractivity contribution in [2.75, 3.05) is 31.1 Å². The third kappa shape index (κ3) is 2.85. The normalized spacial score (nSPS) is 14.4. The van der Waals surface area contributed by atoms with E-state index < -0.39 is 4.92 Å². The van der Waals surface area contributed by atoms with Gasteiger partial charge in [0.05, 0.1) is 4.92 Å². The Hall–Kier alpha value is -2.62. The van der Waals surface area contributed by atoms with E-state index in [1.807, 2.05) is 4.90 Å². The van der Waals surface area contributed by atoms with Crippen LogP contribution in [0.3, 0.4) is 0 Å². The summed E-state index contributed by atoms with van der Waals surface area (Å²) in [7, 11) is 0. The minimum absolute atomic E-state index is 0.0133. The number of nitro groups is 1. The highest BCUT2D eigenvalue weighted by molar-refractivity contribution is 5.93. The average Bonchev–Trinajstić information content (AvgIpc) is 2.47. The van der Waals surface area contributed by atoms with Crippen molar-refractivity contribution in [2.24, 2.45) is 0 Å². The second kappa shape index (κ2) is 6.02. The number of hydrogen-bond acceptors (Lipinski definition) is 5. The number of piperazine rings is 1. The second-order valence-electron chi connectivity index (χ2n) is 4.26. The minimum atomic E-state index is -0.442. The van der Waals surface area contributed by atoms with Gasteiger partial charge in [-0.2, -0.15) is 0 Å². The summed E-state index contributed by atoms with van der Waals surface area (Å²) in [5.74, 6) is 5.22. The van der Waals surface area contributed by atoms with Crippen LogP contribution in [0, 0.1) is 22.0 Å². The molecular weight excluding hydrogens is 260 g/mol. The molecule has 0 aliphatic carbocycles. The fourth-order valence-electron chi connectivity index (χ4n) is 2.08. The quantitative estimate of drug-likeness (QED) is 0.449. The predicted molar refractivity (Wildman–Crippen MR) is 73.1 cm³/mol. The molecule has 1 aromatic heterocycles. The lowest BCUT2D eigenvalue weighted by atomic mass is 10.2. The number of rotatable bonds is 2. The first-order valence-corrected chi connectivity index (χ1v) is 6.19. The fraction of sp³-hybridized carbons (Fsp3) is 0.385. The first kappa shape index (κ1) is 13.8. The SMILES string of the molecule is CC#CC(=O)N1CCN(c2ncccc2[N+](=O)[O-])CC1. The lowest BCUT2D eigenvalue weighted by Gasteiger charge is -2.34. The van der Waals surface area contributed by atoms with E-state index in [2.05, 4.69) is 16.8 Å². The lowest BCUT2D eigenvalue weighted by Crippen LogP contribution is -2.48. The maximum absolute atomic E-state index is 11.6. The molecule has 0 spiro atoms. The summed E-state index contributed by atoms with van der Waals surface area (Å²) in [6.45, 7) is 3.61. The average molecular weight is 274 g/mol. The summed E-state index contributed by atoms with van der Waals surface area (Å²) in [5, 5.41) is 11.0. The molecule has 0 radical (unpaired) electrons. The highest BCUT2D eigenvalue weighted by Crippen LogP contribution is 2.25. The van der Waals surface area contributed by atoms with Gasteiger partial charge in [0, 0.05) is 38.4 Å². The maximum atomic E-state index is 11.6. The van der Waals surface area contributed by atoms with Crippen LogP contribution in [0.4, 0.5) is 11.5 Å². The summed E-state index contributed by atoms with van der Waals surface area (Å²) >= 11 is 0. The van der Waals surface area contributed by atoms with Crippen LogP contribution in [-0.4, -0.2) is 46.9 Å². The van der Waals surface area contributed by atoms with Gasteiger partial charge < -0.3 is 9.80 Å². The number of hydrogen-bond donors (Lipinski definition) is 0. The van der Waals surface area contributed by atoms with E-state index in [-0.39, 0.29) is 11.6 Å². The zero-order chi connectivity index (χ0) is 14.5. The van der Waals surface area contributed by atoms with Crippen molar-refractivity contribution in [3.8, 4) is 11.8 Å². The van der Waals surface area contributed by atoms with Crippen LogP contribution in [0.15, 0.2) is 18.3 Å². The summed E-state index contributed by atoms with van der Waals surface area (Å²) < 4.78 is 0.